The lowest BCUT2D eigenvalue weighted by Gasteiger charge is -2.31. The highest BCUT2D eigenvalue weighted by atomic mass is 32.1. The number of nitrogens with two attached hydrogens (primary N) is 1. The molecule has 0 saturated carbocycles. The maximum absolute atomic E-state index is 13.5. The molecule has 9 heteroatoms. The summed E-state index contributed by atoms with van der Waals surface area (Å²) in [5, 5.41) is 0. The number of aryl methyl sites for hydroxylation is 1. The van der Waals surface area contributed by atoms with Gasteiger partial charge in [-0.05, 0) is 44.7 Å². The van der Waals surface area contributed by atoms with Gasteiger partial charge in [0.15, 0.2) is 5.69 Å². The first kappa shape index (κ1) is 25.9. The van der Waals surface area contributed by atoms with Crippen LogP contribution in [0.15, 0.2) is 21.7 Å². The van der Waals surface area contributed by atoms with E-state index in [1.807, 2.05) is 41.5 Å². The van der Waals surface area contributed by atoms with E-state index in [1.54, 1.807) is 11.3 Å². The average Bonchev–Trinajstić information content (AvgIpc) is 3.07. The van der Waals surface area contributed by atoms with Gasteiger partial charge in [0.05, 0.1) is 6.54 Å². The highest BCUT2D eigenvalue weighted by Crippen LogP contribution is 2.22. The number of hydrogen-bond acceptors (Lipinski definition) is 6. The van der Waals surface area contributed by atoms with Gasteiger partial charge in [0.1, 0.15) is 5.82 Å². The standard InChI is InChI=1S/C23H37N5O3S/c1-14(2)10-27(20-21(24)28(11-15(3)4)23(31)25-22(20)30)19(29)13-26(16(5)6)12-18-9-8-17(7)32-18/h8-9,14-16H,10-13,24H2,1-7H3,(H,25,30,31). The average molecular weight is 464 g/mol. The molecule has 0 aliphatic heterocycles. The van der Waals surface area contributed by atoms with Gasteiger partial charge in [-0.2, -0.15) is 0 Å². The molecule has 0 bridgehead atoms. The van der Waals surface area contributed by atoms with Crippen LogP contribution in [0.1, 0.15) is 51.3 Å². The second kappa shape index (κ2) is 11.0. The molecule has 1 amide bonds. The third-order valence-corrected chi connectivity index (χ3v) is 6.09. The van der Waals surface area contributed by atoms with Crippen molar-refractivity contribution in [1.29, 1.82) is 0 Å². The fraction of sp³-hybridized carbons (Fsp3) is 0.609. The number of carbonyl (C=O) groups is 1. The van der Waals surface area contributed by atoms with E-state index in [0.29, 0.717) is 19.6 Å². The molecule has 2 rings (SSSR count). The van der Waals surface area contributed by atoms with E-state index in [1.165, 1.54) is 19.2 Å². The SMILES string of the molecule is Cc1ccc(CN(CC(=O)N(CC(C)C)c2c(N)n(CC(C)C)c(=O)[nH]c2=O)C(C)C)s1. The van der Waals surface area contributed by atoms with Crippen molar-refractivity contribution in [3.63, 3.8) is 0 Å². The Balaban J connectivity index is 2.43. The monoisotopic (exact) mass is 463 g/mol. The van der Waals surface area contributed by atoms with Crippen molar-refractivity contribution in [1.82, 2.24) is 14.5 Å². The number of rotatable bonds is 10. The lowest BCUT2D eigenvalue weighted by Crippen LogP contribution is -2.47. The molecule has 0 spiro atoms. The largest absolute Gasteiger partial charge is 0.383 e. The van der Waals surface area contributed by atoms with Crippen molar-refractivity contribution in [2.75, 3.05) is 23.7 Å². The molecule has 0 radical (unpaired) electrons. The number of carbonyl (C=O) groups excluding carboxylic acids is 1. The van der Waals surface area contributed by atoms with E-state index >= 15 is 0 Å². The smallest absolute Gasteiger partial charge is 0.330 e. The molecule has 0 aromatic carbocycles. The van der Waals surface area contributed by atoms with Crippen LogP contribution >= 0.6 is 11.3 Å². The number of nitrogen functional groups attached to an aromatic ring is 1. The van der Waals surface area contributed by atoms with Gasteiger partial charge < -0.3 is 10.6 Å². The van der Waals surface area contributed by atoms with Gasteiger partial charge in [0, 0.05) is 35.4 Å². The summed E-state index contributed by atoms with van der Waals surface area (Å²) in [6.45, 7) is 15.5. The summed E-state index contributed by atoms with van der Waals surface area (Å²) in [5.41, 5.74) is 5.17. The summed E-state index contributed by atoms with van der Waals surface area (Å²) in [4.78, 5) is 46.9. The quantitative estimate of drug-likeness (QED) is 0.564. The lowest BCUT2D eigenvalue weighted by molar-refractivity contribution is -0.120. The van der Waals surface area contributed by atoms with Gasteiger partial charge in [-0.25, -0.2) is 4.79 Å². The third-order valence-electron chi connectivity index (χ3n) is 5.10. The van der Waals surface area contributed by atoms with E-state index in [0.717, 1.165) is 0 Å². The van der Waals surface area contributed by atoms with Crippen LogP contribution in [0.3, 0.4) is 0 Å². The number of hydrogen-bond donors (Lipinski definition) is 2. The molecule has 2 aromatic rings. The van der Waals surface area contributed by atoms with E-state index < -0.39 is 11.2 Å². The van der Waals surface area contributed by atoms with Crippen LogP contribution in [0.4, 0.5) is 11.5 Å². The number of H-pyrrole nitrogens is 1. The van der Waals surface area contributed by atoms with Crippen molar-refractivity contribution in [3.05, 3.63) is 42.7 Å². The summed E-state index contributed by atoms with van der Waals surface area (Å²) < 4.78 is 1.34. The van der Waals surface area contributed by atoms with Gasteiger partial charge in [-0.3, -0.25) is 24.0 Å². The van der Waals surface area contributed by atoms with E-state index in [-0.39, 0.29) is 41.8 Å². The van der Waals surface area contributed by atoms with E-state index in [2.05, 4.69) is 28.9 Å². The molecule has 2 aromatic heterocycles. The number of anilines is 2. The molecule has 0 aliphatic carbocycles. The van der Waals surface area contributed by atoms with Gasteiger partial charge in [-0.1, -0.05) is 27.7 Å². The minimum absolute atomic E-state index is 0.0337. The molecule has 2 heterocycles. The number of nitrogens with one attached hydrogen (secondary N) is 1. The highest BCUT2D eigenvalue weighted by molar-refractivity contribution is 7.11. The predicted octanol–water partition coefficient (Wildman–Crippen LogP) is 3.04. The van der Waals surface area contributed by atoms with Crippen molar-refractivity contribution in [2.24, 2.45) is 11.8 Å². The minimum atomic E-state index is -0.633. The first-order chi connectivity index (χ1) is 14.9. The molecule has 0 saturated heterocycles. The molecule has 8 nitrogen and oxygen atoms in total. The van der Waals surface area contributed by atoms with Crippen molar-refractivity contribution in [3.8, 4) is 0 Å². The Bertz CT molecular complexity index is 1030. The summed E-state index contributed by atoms with van der Waals surface area (Å²) in [5.74, 6) is 0.0726. The summed E-state index contributed by atoms with van der Waals surface area (Å²) in [7, 11) is 0. The van der Waals surface area contributed by atoms with Crippen LogP contribution in [0.5, 0.6) is 0 Å². The van der Waals surface area contributed by atoms with Crippen molar-refractivity contribution in [2.45, 2.75) is 67.6 Å². The second-order valence-electron chi connectivity index (χ2n) is 9.41. The fourth-order valence-electron chi connectivity index (χ4n) is 3.52. The zero-order valence-electron chi connectivity index (χ0n) is 20.3. The third kappa shape index (κ3) is 6.56. The molecular formula is C23H37N5O3S. The Labute approximate surface area is 194 Å². The number of aromatic nitrogens is 2. The van der Waals surface area contributed by atoms with Gasteiger partial charge in [0.2, 0.25) is 5.91 Å². The molecular weight excluding hydrogens is 426 g/mol. The minimum Gasteiger partial charge on any atom is -0.383 e. The summed E-state index contributed by atoms with van der Waals surface area (Å²) in [6.07, 6.45) is 0. The van der Waals surface area contributed by atoms with Crippen LogP contribution in [-0.2, 0) is 17.9 Å². The van der Waals surface area contributed by atoms with Gasteiger partial charge in [-0.15, -0.1) is 11.3 Å². The number of thiophene rings is 1. The summed E-state index contributed by atoms with van der Waals surface area (Å²) in [6, 6.07) is 4.28. The van der Waals surface area contributed by atoms with Gasteiger partial charge in [0.25, 0.3) is 5.56 Å². The molecule has 0 unspecified atom stereocenters. The van der Waals surface area contributed by atoms with E-state index in [4.69, 9.17) is 5.73 Å². The topological polar surface area (TPSA) is 104 Å². The maximum atomic E-state index is 13.5. The zero-order chi connectivity index (χ0) is 24.2. The van der Waals surface area contributed by atoms with Crippen LogP contribution in [-0.4, -0.2) is 39.5 Å². The van der Waals surface area contributed by atoms with E-state index in [9.17, 15) is 14.4 Å². The Morgan fingerprint density at radius 1 is 1.12 bits per heavy atom. The van der Waals surface area contributed by atoms with Crippen LogP contribution in [0.25, 0.3) is 0 Å². The number of nitrogens with zero attached hydrogens (tertiary/aromatic N) is 3. The maximum Gasteiger partial charge on any atom is 0.330 e. The Morgan fingerprint density at radius 3 is 2.28 bits per heavy atom. The second-order valence-corrected chi connectivity index (χ2v) is 10.8. The van der Waals surface area contributed by atoms with Crippen LogP contribution in [0, 0.1) is 18.8 Å². The van der Waals surface area contributed by atoms with Gasteiger partial charge >= 0.3 is 5.69 Å². The van der Waals surface area contributed by atoms with Crippen LogP contribution in [0.2, 0.25) is 0 Å². The van der Waals surface area contributed by atoms with Crippen LogP contribution < -0.4 is 21.9 Å². The predicted molar refractivity (Wildman–Crippen MR) is 132 cm³/mol. The number of amides is 1. The Morgan fingerprint density at radius 2 is 1.78 bits per heavy atom. The molecule has 3 N–H and O–H groups in total. The zero-order valence-corrected chi connectivity index (χ0v) is 21.1. The number of aromatic amines is 1. The van der Waals surface area contributed by atoms with Crippen molar-refractivity contribution >= 4 is 28.7 Å². The Hall–Kier alpha value is -2.39. The molecule has 0 aliphatic rings. The lowest BCUT2D eigenvalue weighted by atomic mass is 10.2. The highest BCUT2D eigenvalue weighted by Gasteiger charge is 2.27. The molecule has 0 atom stereocenters. The molecule has 32 heavy (non-hydrogen) atoms. The molecule has 178 valence electrons. The first-order valence-electron chi connectivity index (χ1n) is 11.1. The van der Waals surface area contributed by atoms with Crippen molar-refractivity contribution < 1.29 is 4.79 Å². The normalized spacial score (nSPS) is 11.8. The Kier molecular flexibility index (Phi) is 8.86. The summed E-state index contributed by atoms with van der Waals surface area (Å²) >= 11 is 1.71. The molecule has 0 fully saturated rings. The fourth-order valence-corrected chi connectivity index (χ4v) is 4.43. The first-order valence-corrected chi connectivity index (χ1v) is 11.9.